The molecule has 0 saturated heterocycles. The molecule has 2 rings (SSSR count). The fourth-order valence-electron chi connectivity index (χ4n) is 1.94. The maximum atomic E-state index is 13.8. The van der Waals surface area contributed by atoms with Gasteiger partial charge in [0.1, 0.15) is 0 Å². The van der Waals surface area contributed by atoms with E-state index < -0.39 is 23.2 Å². The van der Waals surface area contributed by atoms with Gasteiger partial charge in [-0.25, -0.2) is 13.6 Å². The molecule has 1 aliphatic rings. The highest BCUT2D eigenvalue weighted by Gasteiger charge is 2.21. The Hall–Kier alpha value is -1.91. The lowest BCUT2D eigenvalue weighted by atomic mass is 10.1. The van der Waals surface area contributed by atoms with Crippen LogP contribution in [0.15, 0.2) is 23.8 Å². The van der Waals surface area contributed by atoms with Gasteiger partial charge in [-0.2, -0.15) is 0 Å². The first-order valence-corrected chi connectivity index (χ1v) is 5.62. The van der Waals surface area contributed by atoms with Gasteiger partial charge in [0.05, 0.1) is 11.3 Å². The molecule has 1 aromatic carbocycles. The molecule has 0 radical (unpaired) electrons. The number of benzene rings is 1. The summed E-state index contributed by atoms with van der Waals surface area (Å²) in [4.78, 5) is 12.4. The summed E-state index contributed by atoms with van der Waals surface area (Å²) in [5.41, 5.74) is 0.690. The number of hydrogen-bond donors (Lipinski definition) is 1. The second kappa shape index (κ2) is 4.76. The van der Waals surface area contributed by atoms with Crippen molar-refractivity contribution in [2.45, 2.75) is 13.3 Å². The molecule has 1 heterocycles. The summed E-state index contributed by atoms with van der Waals surface area (Å²) in [5, 5.41) is 8.70. The number of halogens is 2. The van der Waals surface area contributed by atoms with E-state index in [0.29, 0.717) is 13.1 Å². The van der Waals surface area contributed by atoms with Gasteiger partial charge in [0.25, 0.3) is 0 Å². The van der Waals surface area contributed by atoms with Crippen LogP contribution >= 0.6 is 0 Å². The van der Waals surface area contributed by atoms with Gasteiger partial charge in [-0.3, -0.25) is 0 Å². The number of hydrogen-bond acceptors (Lipinski definition) is 2. The van der Waals surface area contributed by atoms with E-state index in [4.69, 9.17) is 5.11 Å². The van der Waals surface area contributed by atoms with Crippen molar-refractivity contribution >= 4 is 11.7 Å². The maximum Gasteiger partial charge on any atom is 0.338 e. The van der Waals surface area contributed by atoms with Crippen molar-refractivity contribution in [2.24, 2.45) is 0 Å². The molecule has 0 unspecified atom stereocenters. The van der Waals surface area contributed by atoms with Gasteiger partial charge in [-0.1, -0.05) is 11.6 Å². The Balaban J connectivity index is 2.36. The first-order valence-electron chi connectivity index (χ1n) is 5.62. The van der Waals surface area contributed by atoms with Crippen LogP contribution in [-0.2, 0) is 0 Å². The van der Waals surface area contributed by atoms with Crippen LogP contribution in [0.5, 0.6) is 0 Å². The minimum atomic E-state index is -1.47. The molecule has 0 aliphatic carbocycles. The first-order chi connectivity index (χ1) is 8.50. The third-order valence-electron chi connectivity index (χ3n) is 3.07. The van der Waals surface area contributed by atoms with E-state index in [2.05, 4.69) is 0 Å². The van der Waals surface area contributed by atoms with Crippen LogP contribution in [0, 0.1) is 11.6 Å². The van der Waals surface area contributed by atoms with Crippen LogP contribution in [-0.4, -0.2) is 24.2 Å². The highest BCUT2D eigenvalue weighted by atomic mass is 19.2. The van der Waals surface area contributed by atoms with E-state index in [1.807, 2.05) is 13.0 Å². The fraction of sp³-hybridized carbons (Fsp3) is 0.308. The molecule has 0 spiro atoms. The SMILES string of the molecule is CC1=CCN(c2ccc(C(=O)O)c(F)c2F)CC1. The average Bonchev–Trinajstić information content (AvgIpc) is 2.33. The molecule has 3 nitrogen and oxygen atoms in total. The number of rotatable bonds is 2. The number of carboxylic acids is 1. The summed E-state index contributed by atoms with van der Waals surface area (Å²) in [6, 6.07) is 2.41. The van der Waals surface area contributed by atoms with E-state index in [1.54, 1.807) is 4.90 Å². The fourth-order valence-corrected chi connectivity index (χ4v) is 1.94. The summed E-state index contributed by atoms with van der Waals surface area (Å²) in [6.07, 6.45) is 2.74. The van der Waals surface area contributed by atoms with Gasteiger partial charge in [0.15, 0.2) is 11.6 Å². The zero-order valence-electron chi connectivity index (χ0n) is 9.91. The second-order valence-electron chi connectivity index (χ2n) is 4.31. The van der Waals surface area contributed by atoms with Crippen molar-refractivity contribution in [3.8, 4) is 0 Å². The normalized spacial score (nSPS) is 15.5. The van der Waals surface area contributed by atoms with Crippen molar-refractivity contribution in [1.82, 2.24) is 0 Å². The zero-order chi connectivity index (χ0) is 13.3. The van der Waals surface area contributed by atoms with Crippen molar-refractivity contribution in [2.75, 3.05) is 18.0 Å². The van der Waals surface area contributed by atoms with Gasteiger partial charge in [-0.05, 0) is 25.5 Å². The molecule has 1 aliphatic heterocycles. The molecule has 0 atom stereocenters. The van der Waals surface area contributed by atoms with Gasteiger partial charge < -0.3 is 10.0 Å². The molecule has 5 heteroatoms. The minimum Gasteiger partial charge on any atom is -0.478 e. The largest absolute Gasteiger partial charge is 0.478 e. The molecule has 0 aromatic heterocycles. The molecular formula is C13H13F2NO2. The summed E-state index contributed by atoms with van der Waals surface area (Å²) in [6.45, 7) is 3.10. The van der Waals surface area contributed by atoms with Crippen LogP contribution in [0.2, 0.25) is 0 Å². The number of nitrogens with zero attached hydrogens (tertiary/aromatic N) is 1. The number of anilines is 1. The Morgan fingerprint density at radius 3 is 2.61 bits per heavy atom. The molecular weight excluding hydrogens is 240 g/mol. The van der Waals surface area contributed by atoms with E-state index in [-0.39, 0.29) is 5.69 Å². The predicted octanol–water partition coefficient (Wildman–Crippen LogP) is 2.82. The third kappa shape index (κ3) is 2.20. The van der Waals surface area contributed by atoms with Crippen molar-refractivity contribution < 1.29 is 18.7 Å². The standard InChI is InChI=1S/C13H13F2NO2/c1-8-4-6-16(7-5-8)10-3-2-9(13(17)18)11(14)12(10)15/h2-4H,5-7H2,1H3,(H,17,18). The van der Waals surface area contributed by atoms with Crippen molar-refractivity contribution in [3.63, 3.8) is 0 Å². The van der Waals surface area contributed by atoms with Crippen molar-refractivity contribution in [1.29, 1.82) is 0 Å². The smallest absolute Gasteiger partial charge is 0.338 e. The Morgan fingerprint density at radius 2 is 2.06 bits per heavy atom. The summed E-state index contributed by atoms with van der Waals surface area (Å²) in [7, 11) is 0. The van der Waals surface area contributed by atoms with Gasteiger partial charge >= 0.3 is 5.97 Å². The average molecular weight is 253 g/mol. The Labute approximate surface area is 103 Å². The lowest BCUT2D eigenvalue weighted by Gasteiger charge is -2.28. The molecule has 1 aromatic rings. The number of carboxylic acid groups (broad SMARTS) is 1. The lowest BCUT2D eigenvalue weighted by molar-refractivity contribution is 0.0690. The Morgan fingerprint density at radius 1 is 1.33 bits per heavy atom. The van der Waals surface area contributed by atoms with Crippen LogP contribution in [0.25, 0.3) is 0 Å². The van der Waals surface area contributed by atoms with Crippen LogP contribution in [0.4, 0.5) is 14.5 Å². The van der Waals surface area contributed by atoms with Crippen LogP contribution < -0.4 is 4.90 Å². The van der Waals surface area contributed by atoms with E-state index in [9.17, 15) is 13.6 Å². The van der Waals surface area contributed by atoms with E-state index in [1.165, 1.54) is 11.6 Å². The predicted molar refractivity (Wildman–Crippen MR) is 63.9 cm³/mol. The Bertz CT molecular complexity index is 526. The summed E-state index contributed by atoms with van der Waals surface area (Å²) in [5.74, 6) is -3.86. The number of carbonyl (C=O) groups is 1. The Kier molecular flexibility index (Phi) is 3.32. The minimum absolute atomic E-state index is 0.112. The first kappa shape index (κ1) is 12.5. The molecule has 18 heavy (non-hydrogen) atoms. The van der Waals surface area contributed by atoms with Crippen molar-refractivity contribution in [3.05, 3.63) is 41.0 Å². The highest BCUT2D eigenvalue weighted by molar-refractivity contribution is 5.88. The second-order valence-corrected chi connectivity index (χ2v) is 4.31. The van der Waals surface area contributed by atoms with E-state index >= 15 is 0 Å². The topological polar surface area (TPSA) is 40.5 Å². The molecule has 0 amide bonds. The van der Waals surface area contributed by atoms with E-state index in [0.717, 1.165) is 12.5 Å². The highest BCUT2D eigenvalue weighted by Crippen LogP contribution is 2.26. The van der Waals surface area contributed by atoms with Crippen LogP contribution in [0.1, 0.15) is 23.7 Å². The molecule has 0 bridgehead atoms. The molecule has 0 fully saturated rings. The lowest BCUT2D eigenvalue weighted by Crippen LogP contribution is -2.29. The summed E-state index contributed by atoms with van der Waals surface area (Å²) >= 11 is 0. The quantitative estimate of drug-likeness (QED) is 0.824. The number of aromatic carboxylic acids is 1. The summed E-state index contributed by atoms with van der Waals surface area (Å²) < 4.78 is 27.4. The monoisotopic (exact) mass is 253 g/mol. The van der Waals surface area contributed by atoms with Gasteiger partial charge in [0, 0.05) is 13.1 Å². The maximum absolute atomic E-state index is 13.8. The molecule has 1 N–H and O–H groups in total. The van der Waals surface area contributed by atoms with Crippen LogP contribution in [0.3, 0.4) is 0 Å². The van der Waals surface area contributed by atoms with Gasteiger partial charge in [-0.15, -0.1) is 0 Å². The van der Waals surface area contributed by atoms with Gasteiger partial charge in [0.2, 0.25) is 0 Å². The zero-order valence-corrected chi connectivity index (χ0v) is 9.91. The molecule has 96 valence electrons. The third-order valence-corrected chi connectivity index (χ3v) is 3.07. The molecule has 0 saturated carbocycles.